The molecule has 0 aliphatic carbocycles. The Bertz CT molecular complexity index is 284. The zero-order valence-electron chi connectivity index (χ0n) is 17.3. The molecule has 2 aliphatic rings. The van der Waals surface area contributed by atoms with E-state index in [1.807, 2.05) is 0 Å². The predicted octanol–water partition coefficient (Wildman–Crippen LogP) is 5.21. The van der Waals surface area contributed by atoms with Crippen LogP contribution in [0.5, 0.6) is 0 Å². The van der Waals surface area contributed by atoms with Crippen LogP contribution in [0.2, 0.25) is 0 Å². The van der Waals surface area contributed by atoms with Gasteiger partial charge in [0.15, 0.2) is 12.6 Å². The molecule has 0 amide bonds. The van der Waals surface area contributed by atoms with Crippen molar-refractivity contribution in [1.82, 2.24) is 0 Å². The minimum Gasteiger partial charge on any atom is -0.381 e. The molecule has 160 valence electrons. The van der Waals surface area contributed by atoms with Crippen molar-refractivity contribution in [1.29, 1.82) is 0 Å². The number of ether oxygens (including phenoxy) is 5. The van der Waals surface area contributed by atoms with E-state index in [0.717, 1.165) is 78.2 Å². The zero-order valence-corrected chi connectivity index (χ0v) is 17.3. The topological polar surface area (TPSA) is 46.2 Å². The van der Waals surface area contributed by atoms with Crippen LogP contribution in [0, 0.1) is 0 Å². The van der Waals surface area contributed by atoms with Crippen LogP contribution in [0.15, 0.2) is 0 Å². The highest BCUT2D eigenvalue weighted by atomic mass is 16.7. The standard InChI is InChI=1S/C22H42O5/c1(3-9-17-24-21-13-5-11-19-26-21)7-15-23-16-8-2-4-10-18-25-22-14-6-12-20-27-22/h21-22H,1-20H2. The van der Waals surface area contributed by atoms with Gasteiger partial charge < -0.3 is 23.7 Å². The Kier molecular flexibility index (Phi) is 14.3. The lowest BCUT2D eigenvalue weighted by atomic mass is 10.2. The highest BCUT2D eigenvalue weighted by Gasteiger charge is 2.14. The largest absolute Gasteiger partial charge is 0.381 e. The third-order valence-electron chi connectivity index (χ3n) is 5.25. The van der Waals surface area contributed by atoms with Crippen LogP contribution in [0.25, 0.3) is 0 Å². The van der Waals surface area contributed by atoms with Crippen LogP contribution < -0.4 is 0 Å². The van der Waals surface area contributed by atoms with Crippen molar-refractivity contribution in [2.24, 2.45) is 0 Å². The Hall–Kier alpha value is -0.200. The maximum Gasteiger partial charge on any atom is 0.157 e. The molecule has 0 N–H and O–H groups in total. The maximum absolute atomic E-state index is 5.75. The highest BCUT2D eigenvalue weighted by molar-refractivity contribution is 4.55. The van der Waals surface area contributed by atoms with Gasteiger partial charge in [-0.1, -0.05) is 25.7 Å². The summed E-state index contributed by atoms with van der Waals surface area (Å²) in [5.74, 6) is 0. The van der Waals surface area contributed by atoms with E-state index in [-0.39, 0.29) is 12.6 Å². The van der Waals surface area contributed by atoms with Crippen LogP contribution >= 0.6 is 0 Å². The SMILES string of the molecule is C(CCCOC1CCCCO1)CCOCCCCCCOC1CCCCO1. The molecule has 2 saturated heterocycles. The van der Waals surface area contributed by atoms with Crippen molar-refractivity contribution in [2.75, 3.05) is 39.6 Å². The van der Waals surface area contributed by atoms with E-state index in [9.17, 15) is 0 Å². The van der Waals surface area contributed by atoms with Gasteiger partial charge in [0.25, 0.3) is 0 Å². The Balaban J connectivity index is 1.21. The quantitative estimate of drug-likeness (QED) is 0.341. The van der Waals surface area contributed by atoms with E-state index < -0.39 is 0 Å². The molecule has 0 aromatic carbocycles. The summed E-state index contributed by atoms with van der Waals surface area (Å²) in [6.45, 7) is 5.20. The average molecular weight is 387 g/mol. The molecule has 5 nitrogen and oxygen atoms in total. The molecular weight excluding hydrogens is 344 g/mol. The van der Waals surface area contributed by atoms with Gasteiger partial charge in [-0.05, 0) is 64.2 Å². The maximum atomic E-state index is 5.75. The molecule has 27 heavy (non-hydrogen) atoms. The lowest BCUT2D eigenvalue weighted by molar-refractivity contribution is -0.163. The molecule has 0 saturated carbocycles. The van der Waals surface area contributed by atoms with E-state index in [2.05, 4.69) is 0 Å². The summed E-state index contributed by atoms with van der Waals surface area (Å²) in [6.07, 6.45) is 16.6. The lowest BCUT2D eigenvalue weighted by Gasteiger charge is -2.22. The van der Waals surface area contributed by atoms with Crippen LogP contribution in [0.3, 0.4) is 0 Å². The molecule has 2 aliphatic heterocycles. The molecule has 0 spiro atoms. The summed E-state index contributed by atoms with van der Waals surface area (Å²) in [5, 5.41) is 0. The lowest BCUT2D eigenvalue weighted by Crippen LogP contribution is -2.22. The van der Waals surface area contributed by atoms with Gasteiger partial charge >= 0.3 is 0 Å². The van der Waals surface area contributed by atoms with Crippen molar-refractivity contribution >= 4 is 0 Å². The summed E-state index contributed by atoms with van der Waals surface area (Å²) in [6, 6.07) is 0. The van der Waals surface area contributed by atoms with Gasteiger partial charge in [0.2, 0.25) is 0 Å². The smallest absolute Gasteiger partial charge is 0.157 e. The molecule has 5 heteroatoms. The first-order valence-corrected chi connectivity index (χ1v) is 11.5. The molecule has 2 atom stereocenters. The summed E-state index contributed by atoms with van der Waals surface area (Å²) in [4.78, 5) is 0. The van der Waals surface area contributed by atoms with Crippen molar-refractivity contribution in [3.05, 3.63) is 0 Å². The number of rotatable bonds is 16. The van der Waals surface area contributed by atoms with Crippen LogP contribution in [0.1, 0.15) is 89.9 Å². The first kappa shape index (κ1) is 23.1. The minimum absolute atomic E-state index is 0.0641. The van der Waals surface area contributed by atoms with Gasteiger partial charge in [0.05, 0.1) is 0 Å². The van der Waals surface area contributed by atoms with Gasteiger partial charge in [-0.15, -0.1) is 0 Å². The Morgan fingerprint density at radius 1 is 0.519 bits per heavy atom. The van der Waals surface area contributed by atoms with E-state index in [1.54, 1.807) is 0 Å². The van der Waals surface area contributed by atoms with Crippen molar-refractivity contribution in [3.63, 3.8) is 0 Å². The fourth-order valence-corrected chi connectivity index (χ4v) is 3.54. The van der Waals surface area contributed by atoms with Gasteiger partial charge in [-0.25, -0.2) is 0 Å². The van der Waals surface area contributed by atoms with E-state index in [1.165, 1.54) is 51.4 Å². The second-order valence-electron chi connectivity index (χ2n) is 7.77. The Morgan fingerprint density at radius 2 is 0.963 bits per heavy atom. The summed E-state index contributed by atoms with van der Waals surface area (Å²) >= 11 is 0. The highest BCUT2D eigenvalue weighted by Crippen LogP contribution is 2.15. The molecular formula is C22H42O5. The summed E-state index contributed by atoms with van der Waals surface area (Å²) in [5.41, 5.74) is 0. The first-order chi connectivity index (χ1) is 13.4. The Labute approximate surface area is 166 Å². The van der Waals surface area contributed by atoms with Crippen molar-refractivity contribution in [2.45, 2.75) is 102 Å². The average Bonchev–Trinajstić information content (AvgIpc) is 2.72. The van der Waals surface area contributed by atoms with E-state index in [4.69, 9.17) is 23.7 Å². The van der Waals surface area contributed by atoms with Crippen LogP contribution in [0.4, 0.5) is 0 Å². The summed E-state index contributed by atoms with van der Waals surface area (Å²) in [7, 11) is 0. The molecule has 2 fully saturated rings. The fourth-order valence-electron chi connectivity index (χ4n) is 3.54. The van der Waals surface area contributed by atoms with Gasteiger partial charge in [-0.3, -0.25) is 0 Å². The molecule has 2 unspecified atom stereocenters. The molecule has 0 radical (unpaired) electrons. The zero-order chi connectivity index (χ0) is 18.8. The molecule has 2 heterocycles. The third-order valence-corrected chi connectivity index (χ3v) is 5.25. The van der Waals surface area contributed by atoms with Crippen LogP contribution in [-0.2, 0) is 23.7 Å². The van der Waals surface area contributed by atoms with Crippen molar-refractivity contribution in [3.8, 4) is 0 Å². The normalized spacial score (nSPS) is 23.6. The second-order valence-corrected chi connectivity index (χ2v) is 7.77. The molecule has 0 bridgehead atoms. The number of hydrogen-bond donors (Lipinski definition) is 0. The van der Waals surface area contributed by atoms with Crippen molar-refractivity contribution < 1.29 is 23.7 Å². The summed E-state index contributed by atoms with van der Waals surface area (Å²) < 4.78 is 28.4. The monoisotopic (exact) mass is 386 g/mol. The molecule has 0 aromatic heterocycles. The van der Waals surface area contributed by atoms with Gasteiger partial charge in [-0.2, -0.15) is 0 Å². The fraction of sp³-hybridized carbons (Fsp3) is 1.00. The van der Waals surface area contributed by atoms with E-state index in [0.29, 0.717) is 0 Å². The first-order valence-electron chi connectivity index (χ1n) is 11.5. The number of unbranched alkanes of at least 4 members (excludes halogenated alkanes) is 6. The minimum atomic E-state index is 0.0641. The number of hydrogen-bond acceptors (Lipinski definition) is 5. The predicted molar refractivity (Wildman–Crippen MR) is 107 cm³/mol. The Morgan fingerprint density at radius 3 is 1.37 bits per heavy atom. The molecule has 0 aromatic rings. The van der Waals surface area contributed by atoms with Gasteiger partial charge in [0.1, 0.15) is 0 Å². The molecule has 2 rings (SSSR count). The second kappa shape index (κ2) is 16.7. The third kappa shape index (κ3) is 12.8. The van der Waals surface area contributed by atoms with Crippen LogP contribution in [-0.4, -0.2) is 52.2 Å². The van der Waals surface area contributed by atoms with E-state index >= 15 is 0 Å². The van der Waals surface area contributed by atoms with Gasteiger partial charge in [0, 0.05) is 39.6 Å².